The Morgan fingerprint density at radius 2 is 1.30 bits per heavy atom. The molecule has 0 amide bonds. The van der Waals surface area contributed by atoms with Crippen molar-refractivity contribution in [2.24, 2.45) is 0 Å². The molecule has 0 N–H and O–H groups in total. The number of hydrogen-bond donors (Lipinski definition) is 0. The lowest BCUT2D eigenvalue weighted by Gasteiger charge is -2.10. The van der Waals surface area contributed by atoms with Crippen LogP contribution in [0.1, 0.15) is 0 Å². The normalized spacial score (nSPS) is 11.5. The molecular formula is C41H23N3OS. The summed E-state index contributed by atoms with van der Waals surface area (Å²) in [5.74, 6) is 0.539. The van der Waals surface area contributed by atoms with Gasteiger partial charge >= 0.3 is 0 Å². The molecule has 5 heteroatoms. The smallest absolute Gasteiger partial charge is 0.198 e. The lowest BCUT2D eigenvalue weighted by Crippen LogP contribution is -1.94. The minimum Gasteiger partial charge on any atom is -0.455 e. The molecule has 3 aromatic heterocycles. The van der Waals surface area contributed by atoms with Gasteiger partial charge in [0.25, 0.3) is 0 Å². The van der Waals surface area contributed by atoms with Gasteiger partial charge in [0.1, 0.15) is 17.0 Å². The second kappa shape index (κ2) is 10.5. The summed E-state index contributed by atoms with van der Waals surface area (Å²) in [4.78, 5) is 14.2. The topological polar surface area (TPSA) is 43.3 Å². The summed E-state index contributed by atoms with van der Waals surface area (Å²) < 4.78 is 8.89. The molecule has 46 heavy (non-hydrogen) atoms. The largest absolute Gasteiger partial charge is 0.455 e. The predicted molar refractivity (Wildman–Crippen MR) is 190 cm³/mol. The first-order valence-corrected chi connectivity index (χ1v) is 15.8. The summed E-state index contributed by atoms with van der Waals surface area (Å²) in [6.07, 6.45) is 0. The first-order chi connectivity index (χ1) is 22.8. The summed E-state index contributed by atoms with van der Waals surface area (Å²) in [6, 6.07) is 47.5. The van der Waals surface area contributed by atoms with Gasteiger partial charge < -0.3 is 4.42 Å². The van der Waals surface area contributed by atoms with E-state index in [0.717, 1.165) is 81.3 Å². The van der Waals surface area contributed by atoms with Crippen molar-refractivity contribution in [2.75, 3.05) is 0 Å². The molecule has 0 atom stereocenters. The second-order valence-electron chi connectivity index (χ2n) is 11.2. The predicted octanol–water partition coefficient (Wildman–Crippen LogP) is 12.0. The van der Waals surface area contributed by atoms with Gasteiger partial charge in [-0.25, -0.2) is 14.8 Å². The van der Waals surface area contributed by atoms with Crippen LogP contribution in [-0.4, -0.2) is 9.97 Å². The lowest BCUT2D eigenvalue weighted by atomic mass is 9.94. The standard InChI is InChI=1S/C41H23N3OS/c1-42-33-20-10-8-17-28(33)41-43-37-29-18-9-11-22-35(29)46-40(37)38(44-41)30-19-12-21-34-36(30)32-24-27(25-13-4-2-5-14-25)23-31(39(32)45-34)26-15-6-3-7-16-26/h2-24H. The molecule has 0 aliphatic carbocycles. The molecule has 4 nitrogen and oxygen atoms in total. The lowest BCUT2D eigenvalue weighted by molar-refractivity contribution is 0.670. The Hall–Kier alpha value is -6.09. The van der Waals surface area contributed by atoms with Crippen molar-refractivity contribution in [3.05, 3.63) is 151 Å². The number of fused-ring (bicyclic) bond motifs is 6. The number of hydrogen-bond acceptors (Lipinski definition) is 4. The van der Waals surface area contributed by atoms with Crippen LogP contribution in [0.3, 0.4) is 0 Å². The van der Waals surface area contributed by atoms with Crippen LogP contribution in [0.15, 0.2) is 144 Å². The monoisotopic (exact) mass is 605 g/mol. The summed E-state index contributed by atoms with van der Waals surface area (Å²) in [5.41, 5.74) is 9.97. The number of thiophene rings is 1. The van der Waals surface area contributed by atoms with Gasteiger partial charge in [-0.3, -0.25) is 0 Å². The maximum atomic E-state index is 7.83. The van der Waals surface area contributed by atoms with Crippen molar-refractivity contribution >= 4 is 59.3 Å². The van der Waals surface area contributed by atoms with Crippen molar-refractivity contribution in [3.8, 4) is 44.9 Å². The van der Waals surface area contributed by atoms with Crippen molar-refractivity contribution in [3.63, 3.8) is 0 Å². The minimum absolute atomic E-state index is 0.527. The summed E-state index contributed by atoms with van der Waals surface area (Å²) in [7, 11) is 0. The first-order valence-electron chi connectivity index (χ1n) is 15.0. The Kier molecular flexibility index (Phi) is 6.02. The van der Waals surface area contributed by atoms with E-state index in [1.807, 2.05) is 54.6 Å². The average Bonchev–Trinajstić information content (AvgIpc) is 3.70. The Morgan fingerprint density at radius 1 is 0.587 bits per heavy atom. The number of furan rings is 1. The van der Waals surface area contributed by atoms with E-state index >= 15 is 0 Å². The second-order valence-corrected chi connectivity index (χ2v) is 12.3. The molecule has 0 fully saturated rings. The summed E-state index contributed by atoms with van der Waals surface area (Å²) in [5, 5.41) is 3.12. The van der Waals surface area contributed by atoms with Crippen LogP contribution < -0.4 is 0 Å². The molecule has 214 valence electrons. The van der Waals surface area contributed by atoms with Crippen LogP contribution >= 0.6 is 11.3 Å². The van der Waals surface area contributed by atoms with Gasteiger partial charge in [0.15, 0.2) is 5.69 Å². The highest BCUT2D eigenvalue weighted by Crippen LogP contribution is 2.46. The van der Waals surface area contributed by atoms with Crippen LogP contribution in [0, 0.1) is 6.57 Å². The molecule has 9 aromatic rings. The van der Waals surface area contributed by atoms with Gasteiger partial charge in [-0.1, -0.05) is 115 Å². The van der Waals surface area contributed by atoms with Crippen LogP contribution in [0.2, 0.25) is 0 Å². The Labute approximate surface area is 268 Å². The number of para-hydroxylation sites is 1. The fraction of sp³-hybridized carbons (Fsp3) is 0. The van der Waals surface area contributed by atoms with Gasteiger partial charge in [-0.15, -0.1) is 11.3 Å². The first kappa shape index (κ1) is 26.3. The molecule has 0 aliphatic rings. The van der Waals surface area contributed by atoms with Crippen LogP contribution in [-0.2, 0) is 0 Å². The van der Waals surface area contributed by atoms with E-state index < -0.39 is 0 Å². The molecule has 0 spiro atoms. The van der Waals surface area contributed by atoms with E-state index in [4.69, 9.17) is 21.0 Å². The van der Waals surface area contributed by atoms with Gasteiger partial charge in [0.2, 0.25) is 0 Å². The zero-order valence-electron chi connectivity index (χ0n) is 24.4. The zero-order valence-corrected chi connectivity index (χ0v) is 25.3. The van der Waals surface area contributed by atoms with E-state index in [1.165, 1.54) is 0 Å². The van der Waals surface area contributed by atoms with Crippen molar-refractivity contribution in [2.45, 2.75) is 0 Å². The molecule has 0 radical (unpaired) electrons. The van der Waals surface area contributed by atoms with Crippen LogP contribution in [0.4, 0.5) is 5.69 Å². The fourth-order valence-corrected chi connectivity index (χ4v) is 7.56. The molecule has 0 bridgehead atoms. The maximum absolute atomic E-state index is 7.83. The SMILES string of the molecule is [C-]#[N+]c1ccccc1-c1nc(-c2cccc3oc4c(-c5ccccc5)cc(-c5ccccc5)cc4c23)c2sc3ccccc3c2n1. The molecule has 3 heterocycles. The van der Waals surface area contributed by atoms with E-state index in [2.05, 4.69) is 89.8 Å². The molecule has 0 saturated heterocycles. The van der Waals surface area contributed by atoms with E-state index in [-0.39, 0.29) is 0 Å². The quantitative estimate of drug-likeness (QED) is 0.187. The van der Waals surface area contributed by atoms with Crippen molar-refractivity contribution in [1.29, 1.82) is 0 Å². The third-order valence-corrected chi connectivity index (χ3v) is 9.70. The Bertz CT molecular complexity index is 2650. The highest BCUT2D eigenvalue weighted by Gasteiger charge is 2.23. The third kappa shape index (κ3) is 4.12. The van der Waals surface area contributed by atoms with Gasteiger partial charge in [0.05, 0.1) is 22.5 Å². The van der Waals surface area contributed by atoms with Crippen LogP contribution in [0.5, 0.6) is 0 Å². The van der Waals surface area contributed by atoms with E-state index in [1.54, 1.807) is 11.3 Å². The third-order valence-electron chi connectivity index (χ3n) is 8.53. The Balaban J connectivity index is 1.41. The number of benzene rings is 6. The van der Waals surface area contributed by atoms with Crippen LogP contribution in [0.25, 0.3) is 92.0 Å². The molecule has 9 rings (SSSR count). The zero-order chi connectivity index (χ0) is 30.6. The van der Waals surface area contributed by atoms with Gasteiger partial charge in [0, 0.05) is 37.5 Å². The molecule has 6 aromatic carbocycles. The van der Waals surface area contributed by atoms with Gasteiger partial charge in [-0.2, -0.15) is 0 Å². The highest BCUT2D eigenvalue weighted by atomic mass is 32.1. The molecular weight excluding hydrogens is 583 g/mol. The molecule has 0 unspecified atom stereocenters. The Morgan fingerprint density at radius 3 is 2.13 bits per heavy atom. The average molecular weight is 606 g/mol. The summed E-state index contributed by atoms with van der Waals surface area (Å²) in [6.45, 7) is 7.83. The highest BCUT2D eigenvalue weighted by molar-refractivity contribution is 7.26. The fourth-order valence-electron chi connectivity index (χ4n) is 6.41. The van der Waals surface area contributed by atoms with Gasteiger partial charge in [-0.05, 0) is 41.0 Å². The van der Waals surface area contributed by atoms with E-state index in [9.17, 15) is 0 Å². The van der Waals surface area contributed by atoms with E-state index in [0.29, 0.717) is 11.5 Å². The van der Waals surface area contributed by atoms with Crippen molar-refractivity contribution in [1.82, 2.24) is 9.97 Å². The number of rotatable bonds is 4. The number of nitrogens with zero attached hydrogens (tertiary/aromatic N) is 3. The number of aromatic nitrogens is 2. The molecule has 0 aliphatic heterocycles. The van der Waals surface area contributed by atoms with Crippen molar-refractivity contribution < 1.29 is 4.42 Å². The maximum Gasteiger partial charge on any atom is 0.198 e. The molecule has 0 saturated carbocycles. The minimum atomic E-state index is 0.527. The summed E-state index contributed by atoms with van der Waals surface area (Å²) >= 11 is 1.70.